The van der Waals surface area contributed by atoms with Gasteiger partial charge in [0.25, 0.3) is 0 Å². The summed E-state index contributed by atoms with van der Waals surface area (Å²) in [6.45, 7) is 12.8. The molecule has 11 heteroatoms. The molecule has 2 unspecified atom stereocenters. The van der Waals surface area contributed by atoms with Crippen LogP contribution in [-0.4, -0.2) is 59.4 Å². The average Bonchev–Trinajstić information content (AvgIpc) is 3.73. The van der Waals surface area contributed by atoms with E-state index >= 15 is 0 Å². The number of pyridine rings is 2. The Bertz CT molecular complexity index is 1540. The van der Waals surface area contributed by atoms with Crippen molar-refractivity contribution < 1.29 is 18.6 Å². The number of fused-ring (bicyclic) bond motifs is 3. The Labute approximate surface area is 274 Å². The van der Waals surface area contributed by atoms with E-state index in [-0.39, 0.29) is 41.4 Å². The van der Waals surface area contributed by atoms with Crippen molar-refractivity contribution in [2.24, 2.45) is 5.92 Å². The normalized spacial score (nSPS) is 28.9. The lowest BCUT2D eigenvalue weighted by Crippen LogP contribution is -2.46. The second-order valence-corrected chi connectivity index (χ2v) is 20.7. The molecule has 1 saturated carbocycles. The molecule has 4 aliphatic rings. The highest BCUT2D eigenvalue weighted by Gasteiger charge is 2.51. The Hall–Kier alpha value is -1.56. The van der Waals surface area contributed by atoms with Gasteiger partial charge in [0, 0.05) is 34.8 Å². The first-order valence-electron chi connectivity index (χ1n) is 16.3. The Morgan fingerprint density at radius 1 is 1.07 bits per heavy atom. The number of rotatable bonds is 7. The molecule has 5 heterocycles. The number of imidazole rings is 1. The minimum atomic E-state index is -1.91. The molecule has 8 nitrogen and oxygen atoms in total. The summed E-state index contributed by atoms with van der Waals surface area (Å²) in [5.74, 6) is 0.558. The molecule has 2 saturated heterocycles. The van der Waals surface area contributed by atoms with Gasteiger partial charge in [0.2, 0.25) is 0 Å². The molecule has 3 aromatic rings. The molecule has 0 aromatic carbocycles. The van der Waals surface area contributed by atoms with Gasteiger partial charge in [-0.1, -0.05) is 32.4 Å². The Kier molecular flexibility index (Phi) is 8.40. The zero-order valence-electron chi connectivity index (χ0n) is 26.4. The van der Waals surface area contributed by atoms with Crippen LogP contribution in [0, 0.1) is 5.92 Å². The number of aromatic nitrogens is 4. The van der Waals surface area contributed by atoms with Gasteiger partial charge in [-0.2, -0.15) is 4.98 Å². The summed E-state index contributed by atoms with van der Waals surface area (Å²) >= 11 is 10.4. The van der Waals surface area contributed by atoms with Crippen LogP contribution in [0.1, 0.15) is 88.4 Å². The summed E-state index contributed by atoms with van der Waals surface area (Å²) in [6.07, 6.45) is 9.66. The third kappa shape index (κ3) is 5.77. The Morgan fingerprint density at radius 3 is 2.68 bits per heavy atom. The van der Waals surface area contributed by atoms with Crippen LogP contribution in [0.3, 0.4) is 0 Å². The number of hydrogen-bond donors (Lipinski definition) is 0. The summed E-state index contributed by atoms with van der Waals surface area (Å²) < 4.78 is 29.4. The zero-order valence-corrected chi connectivity index (χ0v) is 29.8. The number of nitrogens with zero attached hydrogens (tertiary/aromatic N) is 4. The molecule has 0 amide bonds. The molecular formula is C33H44BrClN4O4Si. The SMILES string of the molecule is CC(C)(C)[Si](C)(C)O[C@@H]1CC[C@H]2[C@@H]1OC[C@H]2Oc1nc2cc(Cl)c(CC3CCc4cc(Br)cnc43)nc2n1C1CCCCO1. The summed E-state index contributed by atoms with van der Waals surface area (Å²) in [4.78, 5) is 14.9. The summed E-state index contributed by atoms with van der Waals surface area (Å²) in [5.41, 5.74) is 4.84. The lowest BCUT2D eigenvalue weighted by Gasteiger charge is -2.39. The highest BCUT2D eigenvalue weighted by molar-refractivity contribution is 9.10. The molecule has 0 spiro atoms. The van der Waals surface area contributed by atoms with Crippen molar-refractivity contribution in [3.8, 4) is 6.01 Å². The smallest absolute Gasteiger partial charge is 0.301 e. The third-order valence-corrected chi connectivity index (χ3v) is 15.9. The van der Waals surface area contributed by atoms with Gasteiger partial charge in [-0.25, -0.2) is 4.98 Å². The molecule has 3 fully saturated rings. The second kappa shape index (κ2) is 11.9. The third-order valence-electron chi connectivity index (χ3n) is 10.7. The van der Waals surface area contributed by atoms with Crippen LogP contribution in [0.5, 0.6) is 6.01 Å². The van der Waals surface area contributed by atoms with E-state index in [0.29, 0.717) is 24.2 Å². The predicted octanol–water partition coefficient (Wildman–Crippen LogP) is 8.16. The van der Waals surface area contributed by atoms with Crippen LogP contribution in [0.15, 0.2) is 22.8 Å². The van der Waals surface area contributed by atoms with Gasteiger partial charge in [0.15, 0.2) is 14.0 Å². The standard InChI is InChI=1S/C33H44BrClN4O4Si/c1-33(2,3)44(4,5)43-26-12-11-22-27(18-41-30(22)26)42-32-38-25-16-23(35)24(37-31(25)39(32)28-8-6-7-13-40-28)15-20-10-9-19-14-21(34)17-36-29(19)20/h14,16-17,20,22,26-28,30H,6-13,15,18H2,1-5H3/t20?,22-,26-,27-,28?,30+/m1/s1. The summed E-state index contributed by atoms with van der Waals surface area (Å²) in [7, 11) is -1.91. The van der Waals surface area contributed by atoms with E-state index in [0.717, 1.165) is 78.4 Å². The average molecular weight is 704 g/mol. The van der Waals surface area contributed by atoms with Crippen LogP contribution >= 0.6 is 27.5 Å². The molecule has 238 valence electrons. The topological polar surface area (TPSA) is 80.5 Å². The van der Waals surface area contributed by atoms with E-state index in [1.54, 1.807) is 0 Å². The monoisotopic (exact) mass is 702 g/mol. The fraction of sp³-hybridized carbons (Fsp3) is 0.667. The maximum atomic E-state index is 6.88. The van der Waals surface area contributed by atoms with Gasteiger partial charge in [-0.15, -0.1) is 0 Å². The van der Waals surface area contributed by atoms with Gasteiger partial charge in [0.05, 0.1) is 29.5 Å². The molecule has 0 N–H and O–H groups in total. The van der Waals surface area contributed by atoms with Crippen molar-refractivity contribution >= 4 is 47.0 Å². The van der Waals surface area contributed by atoms with Gasteiger partial charge < -0.3 is 18.6 Å². The first-order valence-corrected chi connectivity index (χ1v) is 20.4. The van der Waals surface area contributed by atoms with E-state index in [2.05, 4.69) is 60.4 Å². The molecule has 7 rings (SSSR count). The minimum absolute atomic E-state index is 0.0561. The van der Waals surface area contributed by atoms with Crippen molar-refractivity contribution in [1.82, 2.24) is 19.5 Å². The van der Waals surface area contributed by atoms with Crippen LogP contribution in [-0.2, 0) is 26.7 Å². The largest absolute Gasteiger partial charge is 0.458 e. The van der Waals surface area contributed by atoms with E-state index in [4.69, 9.17) is 45.2 Å². The fourth-order valence-corrected chi connectivity index (χ4v) is 9.21. The predicted molar refractivity (Wildman–Crippen MR) is 177 cm³/mol. The molecule has 0 bridgehead atoms. The number of aryl methyl sites for hydroxylation is 1. The quantitative estimate of drug-likeness (QED) is 0.230. The molecule has 0 radical (unpaired) electrons. The molecule has 2 aliphatic carbocycles. The first kappa shape index (κ1) is 31.1. The first-order chi connectivity index (χ1) is 21.0. The molecular weight excluding hydrogens is 660 g/mol. The van der Waals surface area contributed by atoms with Crippen molar-refractivity contribution in [2.45, 2.75) is 121 Å². The van der Waals surface area contributed by atoms with Gasteiger partial charge in [0.1, 0.15) is 17.8 Å². The van der Waals surface area contributed by atoms with E-state index in [1.807, 2.05) is 12.3 Å². The molecule has 2 aliphatic heterocycles. The van der Waals surface area contributed by atoms with Crippen molar-refractivity contribution in [3.05, 3.63) is 44.8 Å². The van der Waals surface area contributed by atoms with Crippen LogP contribution < -0.4 is 4.74 Å². The van der Waals surface area contributed by atoms with E-state index in [9.17, 15) is 0 Å². The molecule has 6 atom stereocenters. The zero-order chi connectivity index (χ0) is 30.8. The summed E-state index contributed by atoms with van der Waals surface area (Å²) in [5, 5.41) is 0.793. The van der Waals surface area contributed by atoms with E-state index < -0.39 is 8.32 Å². The van der Waals surface area contributed by atoms with Crippen molar-refractivity contribution in [2.75, 3.05) is 13.2 Å². The van der Waals surface area contributed by atoms with Crippen molar-refractivity contribution in [3.63, 3.8) is 0 Å². The Balaban J connectivity index is 1.16. The maximum Gasteiger partial charge on any atom is 0.301 e. The van der Waals surface area contributed by atoms with Gasteiger partial charge in [-0.3, -0.25) is 9.55 Å². The number of hydrogen-bond acceptors (Lipinski definition) is 7. The highest BCUT2D eigenvalue weighted by Crippen LogP contribution is 2.45. The second-order valence-electron chi connectivity index (χ2n) is 14.6. The van der Waals surface area contributed by atoms with Crippen LogP contribution in [0.2, 0.25) is 23.2 Å². The summed E-state index contributed by atoms with van der Waals surface area (Å²) in [6, 6.07) is 4.68. The van der Waals surface area contributed by atoms with Crippen molar-refractivity contribution in [1.29, 1.82) is 0 Å². The van der Waals surface area contributed by atoms with E-state index in [1.165, 1.54) is 5.56 Å². The fourth-order valence-electron chi connectivity index (χ4n) is 7.24. The minimum Gasteiger partial charge on any atom is -0.458 e. The van der Waals surface area contributed by atoms with Gasteiger partial charge >= 0.3 is 6.01 Å². The van der Waals surface area contributed by atoms with Gasteiger partial charge in [-0.05, 0) is 103 Å². The molecule has 3 aromatic heterocycles. The molecule has 44 heavy (non-hydrogen) atoms. The Morgan fingerprint density at radius 2 is 1.91 bits per heavy atom. The maximum absolute atomic E-state index is 6.88. The number of ether oxygens (including phenoxy) is 3. The lowest BCUT2D eigenvalue weighted by molar-refractivity contribution is -0.0369. The lowest BCUT2D eigenvalue weighted by atomic mass is 10.00. The highest BCUT2D eigenvalue weighted by atomic mass is 79.9. The van der Waals surface area contributed by atoms with Crippen LogP contribution in [0.4, 0.5) is 0 Å². The van der Waals surface area contributed by atoms with Crippen LogP contribution in [0.25, 0.3) is 11.2 Å². The number of halogens is 2.